The zero-order valence-corrected chi connectivity index (χ0v) is 15.0. The molecule has 2 N–H and O–H groups in total. The van der Waals surface area contributed by atoms with Gasteiger partial charge in [-0.25, -0.2) is 0 Å². The van der Waals surface area contributed by atoms with Gasteiger partial charge in [-0.15, -0.1) is 0 Å². The number of hydrogen-bond acceptors (Lipinski definition) is 3. The van der Waals surface area contributed by atoms with Crippen LogP contribution in [0.3, 0.4) is 0 Å². The summed E-state index contributed by atoms with van der Waals surface area (Å²) in [6.45, 7) is 3.52. The van der Waals surface area contributed by atoms with Crippen LogP contribution in [0.4, 0.5) is 5.69 Å². The number of anilines is 1. The summed E-state index contributed by atoms with van der Waals surface area (Å²) in [5.41, 5.74) is 1.80. The van der Waals surface area contributed by atoms with Crippen LogP contribution in [0.15, 0.2) is 48.5 Å². The Morgan fingerprint density at radius 2 is 1.80 bits per heavy atom. The van der Waals surface area contributed by atoms with Crippen molar-refractivity contribution in [3.63, 3.8) is 0 Å². The van der Waals surface area contributed by atoms with Gasteiger partial charge in [-0.05, 0) is 49.2 Å². The van der Waals surface area contributed by atoms with Crippen LogP contribution in [-0.2, 0) is 16.0 Å². The van der Waals surface area contributed by atoms with Crippen molar-refractivity contribution in [3.8, 4) is 5.75 Å². The molecular formula is C19H21ClN2O3. The molecule has 2 aromatic rings. The van der Waals surface area contributed by atoms with E-state index in [2.05, 4.69) is 10.6 Å². The summed E-state index contributed by atoms with van der Waals surface area (Å²) in [6.07, 6.45) is 0.0892. The van der Waals surface area contributed by atoms with Crippen LogP contribution in [0, 0.1) is 0 Å². The smallest absolute Gasteiger partial charge is 0.261 e. The lowest BCUT2D eigenvalue weighted by Crippen LogP contribution is -2.40. The summed E-state index contributed by atoms with van der Waals surface area (Å²) in [4.78, 5) is 24.1. The minimum atomic E-state index is -0.725. The highest BCUT2D eigenvalue weighted by molar-refractivity contribution is 6.30. The zero-order valence-electron chi connectivity index (χ0n) is 14.2. The van der Waals surface area contributed by atoms with Gasteiger partial charge in [-0.3, -0.25) is 9.59 Å². The van der Waals surface area contributed by atoms with Gasteiger partial charge >= 0.3 is 0 Å². The van der Waals surface area contributed by atoms with Gasteiger partial charge < -0.3 is 15.4 Å². The number of benzene rings is 2. The minimum absolute atomic E-state index is 0.120. The van der Waals surface area contributed by atoms with Crippen molar-refractivity contribution in [1.82, 2.24) is 5.32 Å². The van der Waals surface area contributed by atoms with Crippen LogP contribution in [0.1, 0.15) is 19.4 Å². The van der Waals surface area contributed by atoms with E-state index in [0.717, 1.165) is 17.7 Å². The lowest BCUT2D eigenvalue weighted by molar-refractivity contribution is -0.129. The Hall–Kier alpha value is -2.53. The first kappa shape index (κ1) is 18.8. The van der Waals surface area contributed by atoms with Crippen LogP contribution >= 0.6 is 11.6 Å². The van der Waals surface area contributed by atoms with Crippen molar-refractivity contribution in [2.24, 2.45) is 0 Å². The third kappa shape index (κ3) is 5.80. The molecule has 0 heterocycles. The minimum Gasteiger partial charge on any atom is -0.481 e. The van der Waals surface area contributed by atoms with E-state index in [-0.39, 0.29) is 18.4 Å². The van der Waals surface area contributed by atoms with E-state index >= 15 is 0 Å². The number of amides is 2. The summed E-state index contributed by atoms with van der Waals surface area (Å²) in [5, 5.41) is 5.96. The highest BCUT2D eigenvalue weighted by atomic mass is 35.5. The number of rotatable bonds is 7. The average Bonchev–Trinajstić information content (AvgIpc) is 2.62. The second-order valence-electron chi connectivity index (χ2n) is 5.49. The molecule has 2 aromatic carbocycles. The molecule has 2 rings (SSSR count). The molecule has 1 unspecified atom stereocenters. The SMILES string of the molecule is CCc1ccccc1NC(=O)CNC(=O)C(C)Oc1ccc(Cl)cc1. The molecule has 0 aromatic heterocycles. The molecular weight excluding hydrogens is 340 g/mol. The van der Waals surface area contributed by atoms with E-state index in [1.165, 1.54) is 0 Å². The van der Waals surface area contributed by atoms with E-state index in [4.69, 9.17) is 16.3 Å². The van der Waals surface area contributed by atoms with Crippen LogP contribution in [0.5, 0.6) is 5.75 Å². The van der Waals surface area contributed by atoms with Crippen molar-refractivity contribution in [2.45, 2.75) is 26.4 Å². The molecule has 0 radical (unpaired) electrons. The van der Waals surface area contributed by atoms with Crippen LogP contribution in [0.25, 0.3) is 0 Å². The van der Waals surface area contributed by atoms with Gasteiger partial charge in [0.05, 0.1) is 6.54 Å². The number of halogens is 1. The summed E-state index contributed by atoms with van der Waals surface area (Å²) >= 11 is 5.80. The van der Waals surface area contributed by atoms with Crippen molar-refractivity contribution in [1.29, 1.82) is 0 Å². The van der Waals surface area contributed by atoms with Crippen LogP contribution < -0.4 is 15.4 Å². The summed E-state index contributed by atoms with van der Waals surface area (Å²) in [5.74, 6) is -0.116. The third-order valence-corrected chi connectivity index (χ3v) is 3.84. The third-order valence-electron chi connectivity index (χ3n) is 3.59. The van der Waals surface area contributed by atoms with Crippen molar-refractivity contribution >= 4 is 29.1 Å². The Morgan fingerprint density at radius 1 is 1.12 bits per heavy atom. The van der Waals surface area contributed by atoms with Gasteiger partial charge in [-0.1, -0.05) is 36.7 Å². The maximum absolute atomic E-state index is 12.1. The molecule has 2 amide bonds. The van der Waals surface area contributed by atoms with Crippen molar-refractivity contribution < 1.29 is 14.3 Å². The summed E-state index contributed by atoms with van der Waals surface area (Å²) < 4.78 is 5.52. The number of aryl methyl sites for hydroxylation is 1. The monoisotopic (exact) mass is 360 g/mol. The summed E-state index contributed by atoms with van der Waals surface area (Å²) in [7, 11) is 0. The van der Waals surface area contributed by atoms with Crippen LogP contribution in [0.2, 0.25) is 5.02 Å². The van der Waals surface area contributed by atoms with Gasteiger partial charge in [0.25, 0.3) is 5.91 Å². The first-order valence-electron chi connectivity index (χ1n) is 8.07. The number of carbonyl (C=O) groups excluding carboxylic acids is 2. The Balaban J connectivity index is 1.82. The topological polar surface area (TPSA) is 67.4 Å². The maximum atomic E-state index is 12.1. The second kappa shape index (κ2) is 9.08. The van der Waals surface area contributed by atoms with E-state index in [0.29, 0.717) is 10.8 Å². The molecule has 25 heavy (non-hydrogen) atoms. The predicted molar refractivity (Wildman–Crippen MR) is 99.0 cm³/mol. The standard InChI is InChI=1S/C19H21ClN2O3/c1-3-14-6-4-5-7-17(14)22-18(23)12-21-19(24)13(2)25-16-10-8-15(20)9-11-16/h4-11,13H,3,12H2,1-2H3,(H,21,24)(H,22,23). The predicted octanol–water partition coefficient (Wildman–Crippen LogP) is 3.42. The van der Waals surface area contributed by atoms with Gasteiger partial charge in [0.2, 0.25) is 5.91 Å². The molecule has 1 atom stereocenters. The van der Waals surface area contributed by atoms with Crippen molar-refractivity contribution in [3.05, 3.63) is 59.1 Å². The normalized spacial score (nSPS) is 11.5. The Kier molecular flexibility index (Phi) is 6.83. The highest BCUT2D eigenvalue weighted by Crippen LogP contribution is 2.17. The van der Waals surface area contributed by atoms with Gasteiger partial charge in [0, 0.05) is 10.7 Å². The Labute approximate surface area is 152 Å². The van der Waals surface area contributed by atoms with Gasteiger partial charge in [-0.2, -0.15) is 0 Å². The molecule has 0 bridgehead atoms. The number of hydrogen-bond donors (Lipinski definition) is 2. The Bertz CT molecular complexity index is 732. The molecule has 0 aliphatic heterocycles. The highest BCUT2D eigenvalue weighted by Gasteiger charge is 2.16. The average molecular weight is 361 g/mol. The molecule has 0 aliphatic rings. The largest absolute Gasteiger partial charge is 0.481 e. The fraction of sp³-hybridized carbons (Fsp3) is 0.263. The molecule has 0 spiro atoms. The van der Waals surface area contributed by atoms with E-state index in [1.54, 1.807) is 31.2 Å². The molecule has 0 fully saturated rings. The molecule has 0 saturated heterocycles. The summed E-state index contributed by atoms with van der Waals surface area (Å²) in [6, 6.07) is 14.3. The quantitative estimate of drug-likeness (QED) is 0.795. The van der Waals surface area contributed by atoms with Crippen molar-refractivity contribution in [2.75, 3.05) is 11.9 Å². The maximum Gasteiger partial charge on any atom is 0.261 e. The number of ether oxygens (including phenoxy) is 1. The van der Waals surface area contributed by atoms with E-state index in [9.17, 15) is 9.59 Å². The zero-order chi connectivity index (χ0) is 18.2. The second-order valence-corrected chi connectivity index (χ2v) is 5.93. The van der Waals surface area contributed by atoms with E-state index < -0.39 is 6.10 Å². The molecule has 132 valence electrons. The fourth-order valence-corrected chi connectivity index (χ4v) is 2.35. The number of nitrogens with one attached hydrogen (secondary N) is 2. The number of para-hydroxylation sites is 1. The fourth-order valence-electron chi connectivity index (χ4n) is 2.23. The van der Waals surface area contributed by atoms with Crippen LogP contribution in [-0.4, -0.2) is 24.5 Å². The molecule has 6 heteroatoms. The lowest BCUT2D eigenvalue weighted by Gasteiger charge is -2.15. The number of carbonyl (C=O) groups is 2. The molecule has 5 nitrogen and oxygen atoms in total. The first-order valence-corrected chi connectivity index (χ1v) is 8.45. The molecule has 0 aliphatic carbocycles. The Morgan fingerprint density at radius 3 is 2.48 bits per heavy atom. The van der Waals surface area contributed by atoms with Gasteiger partial charge in [0.1, 0.15) is 5.75 Å². The first-order chi connectivity index (χ1) is 12.0. The van der Waals surface area contributed by atoms with E-state index in [1.807, 2.05) is 31.2 Å². The lowest BCUT2D eigenvalue weighted by atomic mass is 10.1. The molecule has 0 saturated carbocycles. The van der Waals surface area contributed by atoms with Gasteiger partial charge in [0.15, 0.2) is 6.10 Å².